The van der Waals surface area contributed by atoms with E-state index in [4.69, 9.17) is 0 Å². The number of hydrogen-bond acceptors (Lipinski definition) is 5. The maximum Gasteiger partial charge on any atom is 0.344 e. The summed E-state index contributed by atoms with van der Waals surface area (Å²) in [5.74, 6) is -0.520. The molecule has 1 aromatic heterocycles. The largest absolute Gasteiger partial charge is 0.344 e. The summed E-state index contributed by atoms with van der Waals surface area (Å²) < 4.78 is 25.5. The van der Waals surface area contributed by atoms with E-state index in [1.54, 1.807) is 11.8 Å². The molecule has 0 aliphatic carbocycles. The van der Waals surface area contributed by atoms with Gasteiger partial charge < -0.3 is 4.90 Å². The van der Waals surface area contributed by atoms with Gasteiger partial charge in [0.15, 0.2) is 0 Å². The number of aromatic amines is 1. The van der Waals surface area contributed by atoms with Crippen molar-refractivity contribution in [1.29, 1.82) is 0 Å². The van der Waals surface area contributed by atoms with Gasteiger partial charge in [0.2, 0.25) is 15.7 Å². The van der Waals surface area contributed by atoms with Crippen LogP contribution in [0.15, 0.2) is 9.95 Å². The molecule has 0 saturated carbocycles. The molecular formula is C12H20N4O4S. The highest BCUT2D eigenvalue weighted by molar-refractivity contribution is 7.91. The highest BCUT2D eigenvalue weighted by Crippen LogP contribution is 2.17. The van der Waals surface area contributed by atoms with E-state index >= 15 is 0 Å². The maximum absolute atomic E-state index is 12.3. The zero-order valence-electron chi connectivity index (χ0n) is 12.2. The Morgan fingerprint density at radius 3 is 2.57 bits per heavy atom. The van der Waals surface area contributed by atoms with E-state index in [1.165, 1.54) is 0 Å². The van der Waals surface area contributed by atoms with Gasteiger partial charge in [0.25, 0.3) is 5.16 Å². The summed E-state index contributed by atoms with van der Waals surface area (Å²) in [6.45, 7) is 5.10. The van der Waals surface area contributed by atoms with Gasteiger partial charge in [-0.25, -0.2) is 18.3 Å². The van der Waals surface area contributed by atoms with Gasteiger partial charge in [0.1, 0.15) is 5.75 Å². The Kier molecular flexibility index (Phi) is 4.50. The summed E-state index contributed by atoms with van der Waals surface area (Å²) in [6, 6.07) is 0. The first-order chi connectivity index (χ1) is 9.85. The van der Waals surface area contributed by atoms with Crippen molar-refractivity contribution in [3.8, 4) is 0 Å². The highest BCUT2D eigenvalue weighted by Gasteiger charge is 2.29. The lowest BCUT2D eigenvalue weighted by Crippen LogP contribution is -2.41. The second-order valence-corrected chi connectivity index (χ2v) is 7.26. The number of H-pyrrole nitrogens is 1. The molecule has 0 spiro atoms. The molecule has 0 bridgehead atoms. The van der Waals surface area contributed by atoms with E-state index < -0.39 is 27.2 Å². The number of nitrogens with zero attached hydrogens (tertiary/aromatic N) is 3. The zero-order chi connectivity index (χ0) is 15.6. The number of aromatic nitrogens is 3. The van der Waals surface area contributed by atoms with Crippen LogP contribution in [0.5, 0.6) is 0 Å². The van der Waals surface area contributed by atoms with Crippen LogP contribution in [0.1, 0.15) is 26.7 Å². The SMILES string of the molecule is CCn1c(S(=O)(=O)CC(=O)N2CCC(C)CC2)n[nH]c1=O. The number of sulfone groups is 1. The van der Waals surface area contributed by atoms with Crippen molar-refractivity contribution in [3.05, 3.63) is 10.5 Å². The van der Waals surface area contributed by atoms with Crippen molar-refractivity contribution in [1.82, 2.24) is 19.7 Å². The lowest BCUT2D eigenvalue weighted by molar-refractivity contribution is -0.129. The number of carbonyl (C=O) groups excluding carboxylic acids is 1. The monoisotopic (exact) mass is 316 g/mol. The standard InChI is InChI=1S/C12H20N4O4S/c1-3-16-11(18)13-14-12(16)21(19,20)8-10(17)15-6-4-9(2)5-7-15/h9H,3-8H2,1-2H3,(H,13,18). The zero-order valence-corrected chi connectivity index (χ0v) is 13.0. The van der Waals surface area contributed by atoms with E-state index in [1.807, 2.05) is 0 Å². The smallest absolute Gasteiger partial charge is 0.342 e. The number of piperidine rings is 1. The molecule has 0 aromatic carbocycles. The van der Waals surface area contributed by atoms with Crippen LogP contribution >= 0.6 is 0 Å². The van der Waals surface area contributed by atoms with Crippen LogP contribution in [-0.2, 0) is 21.2 Å². The second kappa shape index (κ2) is 6.00. The van der Waals surface area contributed by atoms with Crippen LogP contribution in [0.2, 0.25) is 0 Å². The van der Waals surface area contributed by atoms with Gasteiger partial charge in [0, 0.05) is 19.6 Å². The lowest BCUT2D eigenvalue weighted by Gasteiger charge is -2.30. The lowest BCUT2D eigenvalue weighted by atomic mass is 9.99. The Labute approximate surface area is 123 Å². The van der Waals surface area contributed by atoms with Gasteiger partial charge in [-0.3, -0.25) is 9.36 Å². The predicted molar refractivity (Wildman–Crippen MR) is 75.6 cm³/mol. The molecule has 1 amide bonds. The highest BCUT2D eigenvalue weighted by atomic mass is 32.2. The molecule has 2 rings (SSSR count). The third-order valence-electron chi connectivity index (χ3n) is 3.77. The fourth-order valence-electron chi connectivity index (χ4n) is 2.40. The third-order valence-corrected chi connectivity index (χ3v) is 5.26. The van der Waals surface area contributed by atoms with Crippen molar-refractivity contribution in [2.24, 2.45) is 5.92 Å². The summed E-state index contributed by atoms with van der Waals surface area (Å²) in [4.78, 5) is 25.1. The number of carbonyl (C=O) groups is 1. The summed E-state index contributed by atoms with van der Waals surface area (Å²) in [5, 5.41) is 5.27. The molecule has 1 saturated heterocycles. The fraction of sp³-hybridized carbons (Fsp3) is 0.750. The average molecular weight is 316 g/mol. The molecule has 1 N–H and O–H groups in total. The molecule has 0 unspecified atom stereocenters. The van der Waals surface area contributed by atoms with Gasteiger partial charge in [-0.2, -0.15) is 0 Å². The van der Waals surface area contributed by atoms with Crippen molar-refractivity contribution >= 4 is 15.7 Å². The molecule has 1 aliphatic rings. The van der Waals surface area contributed by atoms with Crippen LogP contribution in [0, 0.1) is 5.92 Å². The Morgan fingerprint density at radius 2 is 2.00 bits per heavy atom. The number of rotatable bonds is 4. The Morgan fingerprint density at radius 1 is 1.38 bits per heavy atom. The van der Waals surface area contributed by atoms with E-state index in [2.05, 4.69) is 17.1 Å². The first-order valence-corrected chi connectivity index (χ1v) is 8.66. The van der Waals surface area contributed by atoms with Crippen LogP contribution in [-0.4, -0.2) is 52.8 Å². The number of hydrogen-bond donors (Lipinski definition) is 1. The van der Waals surface area contributed by atoms with Crippen molar-refractivity contribution in [3.63, 3.8) is 0 Å². The molecule has 1 fully saturated rings. The average Bonchev–Trinajstić information content (AvgIpc) is 2.80. The van der Waals surface area contributed by atoms with Crippen LogP contribution < -0.4 is 5.69 Å². The van der Waals surface area contributed by atoms with E-state index in [0.717, 1.165) is 17.4 Å². The summed E-state index contributed by atoms with van der Waals surface area (Å²) in [5.41, 5.74) is -0.588. The minimum Gasteiger partial charge on any atom is -0.342 e. The molecule has 118 valence electrons. The minimum absolute atomic E-state index is 0.180. The van der Waals surface area contributed by atoms with Gasteiger partial charge in [-0.05, 0) is 25.7 Å². The Bertz CT molecular complexity index is 668. The minimum atomic E-state index is -3.91. The van der Waals surface area contributed by atoms with E-state index in [0.29, 0.717) is 19.0 Å². The van der Waals surface area contributed by atoms with Gasteiger partial charge in [-0.1, -0.05) is 6.92 Å². The van der Waals surface area contributed by atoms with Gasteiger partial charge in [-0.15, -0.1) is 5.10 Å². The topological polar surface area (TPSA) is 105 Å². The summed E-state index contributed by atoms with van der Waals surface area (Å²) in [7, 11) is -3.91. The molecule has 21 heavy (non-hydrogen) atoms. The Balaban J connectivity index is 2.14. The molecule has 2 heterocycles. The van der Waals surface area contributed by atoms with Crippen LogP contribution in [0.3, 0.4) is 0 Å². The van der Waals surface area contributed by atoms with Crippen molar-refractivity contribution in [2.75, 3.05) is 18.8 Å². The second-order valence-electron chi connectivity index (χ2n) is 5.38. The van der Waals surface area contributed by atoms with Crippen molar-refractivity contribution < 1.29 is 13.2 Å². The number of amides is 1. The van der Waals surface area contributed by atoms with Crippen LogP contribution in [0.25, 0.3) is 0 Å². The Hall–Kier alpha value is -1.64. The van der Waals surface area contributed by atoms with Crippen LogP contribution in [0.4, 0.5) is 0 Å². The predicted octanol–water partition coefficient (Wildman–Crippen LogP) is -0.376. The molecule has 1 aromatic rings. The third kappa shape index (κ3) is 3.34. The molecular weight excluding hydrogens is 296 g/mol. The molecule has 1 aliphatic heterocycles. The van der Waals surface area contributed by atoms with E-state index in [-0.39, 0.29) is 11.7 Å². The van der Waals surface area contributed by atoms with Gasteiger partial charge >= 0.3 is 5.69 Å². The molecule has 0 atom stereocenters. The normalized spacial score (nSPS) is 17.1. The summed E-state index contributed by atoms with van der Waals surface area (Å²) in [6.07, 6.45) is 1.77. The fourth-order valence-corrected chi connectivity index (χ4v) is 3.77. The molecule has 0 radical (unpaired) electrons. The first-order valence-electron chi connectivity index (χ1n) is 7.01. The number of likely N-dealkylation sites (tertiary alicyclic amines) is 1. The quantitative estimate of drug-likeness (QED) is 0.815. The number of nitrogens with one attached hydrogen (secondary N) is 1. The van der Waals surface area contributed by atoms with E-state index in [9.17, 15) is 18.0 Å². The summed E-state index contributed by atoms with van der Waals surface area (Å²) >= 11 is 0. The molecule has 9 heteroatoms. The van der Waals surface area contributed by atoms with Crippen molar-refractivity contribution in [2.45, 2.75) is 38.4 Å². The maximum atomic E-state index is 12.3. The van der Waals surface area contributed by atoms with Gasteiger partial charge in [0.05, 0.1) is 0 Å². The first kappa shape index (κ1) is 15.7. The molecule has 8 nitrogen and oxygen atoms in total.